The van der Waals surface area contributed by atoms with Crippen LogP contribution in [0.1, 0.15) is 0 Å². The minimum atomic E-state index is 1.12. The van der Waals surface area contributed by atoms with Crippen molar-refractivity contribution in [3.05, 3.63) is 59.1 Å². The van der Waals surface area contributed by atoms with Gasteiger partial charge in [-0.15, -0.1) is 0 Å². The molecule has 0 aliphatic heterocycles. The highest BCUT2D eigenvalue weighted by Crippen LogP contribution is 2.20. The summed E-state index contributed by atoms with van der Waals surface area (Å²) < 4.78 is 9.17. The largest absolute Gasteiger partial charge is 0.279 e. The second kappa shape index (κ2) is 6.49. The van der Waals surface area contributed by atoms with E-state index in [1.165, 1.54) is 11.1 Å². The predicted molar refractivity (Wildman–Crippen MR) is 68.6 cm³/mol. The van der Waals surface area contributed by atoms with Gasteiger partial charge in [0.05, 0.1) is 0 Å². The van der Waals surface area contributed by atoms with Crippen LogP contribution >= 0.6 is 25.0 Å². The number of benzene rings is 2. The van der Waals surface area contributed by atoms with Gasteiger partial charge in [0, 0.05) is 4.47 Å². The Morgan fingerprint density at radius 3 is 1.73 bits per heavy atom. The summed E-state index contributed by atoms with van der Waals surface area (Å²) in [5.41, 5.74) is 2.51. The highest BCUT2D eigenvalue weighted by Gasteiger charge is 1.94. The maximum absolute atomic E-state index is 8.06. The third-order valence-corrected chi connectivity index (χ3v) is 2.48. The standard InChI is InChI=1S/C12H9Br.HOP/c13-12-8-6-11(7-9-12)10-4-2-1-3-5-10;1-2/h1-9H;2H. The van der Waals surface area contributed by atoms with Crippen LogP contribution in [0.3, 0.4) is 0 Å². The summed E-state index contributed by atoms with van der Waals surface area (Å²) in [5.74, 6) is 0. The molecule has 3 heteroatoms. The molecule has 0 amide bonds. The third kappa shape index (κ3) is 3.58. The van der Waals surface area contributed by atoms with Crippen molar-refractivity contribution >= 4 is 25.0 Å². The average Bonchev–Trinajstić information content (AvgIpc) is 2.34. The molecule has 0 radical (unpaired) electrons. The first-order chi connectivity index (χ1) is 7.36. The number of hydrogen-bond acceptors (Lipinski definition) is 1. The van der Waals surface area contributed by atoms with E-state index in [2.05, 4.69) is 64.5 Å². The van der Waals surface area contributed by atoms with E-state index >= 15 is 0 Å². The van der Waals surface area contributed by atoms with Crippen molar-refractivity contribution in [2.45, 2.75) is 0 Å². The molecule has 0 saturated heterocycles. The van der Waals surface area contributed by atoms with Crippen LogP contribution in [0.25, 0.3) is 11.1 Å². The van der Waals surface area contributed by atoms with E-state index in [1.54, 1.807) is 9.12 Å². The van der Waals surface area contributed by atoms with Crippen molar-refractivity contribution in [2.75, 3.05) is 0 Å². The lowest BCUT2D eigenvalue weighted by Crippen LogP contribution is -1.75. The lowest BCUT2D eigenvalue weighted by molar-refractivity contribution is 0.607. The zero-order chi connectivity index (χ0) is 11.1. The van der Waals surface area contributed by atoms with Gasteiger partial charge in [-0.1, -0.05) is 58.4 Å². The SMILES string of the molecule is Brc1ccc(-c2ccccc2)cc1.O=P. The number of rotatable bonds is 1. The first-order valence-corrected chi connectivity index (χ1v) is 5.58. The Balaban J connectivity index is 0.000000531. The summed E-state index contributed by atoms with van der Waals surface area (Å²) >= 11 is 3.42. The Morgan fingerprint density at radius 1 is 0.733 bits per heavy atom. The Kier molecular flexibility index (Phi) is 5.23. The molecular weight excluding hydrogens is 271 g/mol. The van der Waals surface area contributed by atoms with Gasteiger partial charge in [-0.05, 0) is 23.3 Å². The van der Waals surface area contributed by atoms with Crippen molar-refractivity contribution in [1.82, 2.24) is 0 Å². The van der Waals surface area contributed by atoms with E-state index in [0.29, 0.717) is 0 Å². The minimum absolute atomic E-state index is 1.12. The molecule has 0 N–H and O–H groups in total. The molecule has 0 saturated carbocycles. The second-order valence-electron chi connectivity index (χ2n) is 2.87. The molecule has 15 heavy (non-hydrogen) atoms. The number of hydrogen-bond donors (Lipinski definition) is 0. The van der Waals surface area contributed by atoms with Crippen molar-refractivity contribution < 1.29 is 4.57 Å². The average molecular weight is 281 g/mol. The minimum Gasteiger partial charge on any atom is -0.279 e. The van der Waals surface area contributed by atoms with Crippen LogP contribution in [0.15, 0.2) is 59.1 Å². The lowest BCUT2D eigenvalue weighted by atomic mass is 10.1. The molecule has 76 valence electrons. The van der Waals surface area contributed by atoms with E-state index in [4.69, 9.17) is 4.57 Å². The van der Waals surface area contributed by atoms with Crippen LogP contribution in [0, 0.1) is 0 Å². The van der Waals surface area contributed by atoms with Gasteiger partial charge in [0.15, 0.2) is 0 Å². The molecule has 0 atom stereocenters. The highest BCUT2D eigenvalue weighted by molar-refractivity contribution is 9.10. The number of halogens is 1. The van der Waals surface area contributed by atoms with Gasteiger partial charge in [0.2, 0.25) is 0 Å². The topological polar surface area (TPSA) is 17.1 Å². The molecule has 0 spiro atoms. The molecule has 0 aliphatic rings. The third-order valence-electron chi connectivity index (χ3n) is 1.95. The molecule has 0 aliphatic carbocycles. The summed E-state index contributed by atoms with van der Waals surface area (Å²) in [4.78, 5) is 0. The van der Waals surface area contributed by atoms with Gasteiger partial charge in [-0.3, -0.25) is 4.57 Å². The normalized spacial score (nSPS) is 8.87. The zero-order valence-corrected chi connectivity index (χ0v) is 10.6. The Morgan fingerprint density at radius 2 is 1.20 bits per heavy atom. The molecule has 0 unspecified atom stereocenters. The van der Waals surface area contributed by atoms with E-state index in [9.17, 15) is 0 Å². The maximum Gasteiger partial charge on any atom is 0.138 e. The van der Waals surface area contributed by atoms with Crippen molar-refractivity contribution in [1.29, 1.82) is 0 Å². The fourth-order valence-electron chi connectivity index (χ4n) is 1.27. The smallest absolute Gasteiger partial charge is 0.138 e. The summed E-state index contributed by atoms with van der Waals surface area (Å²) in [6.45, 7) is 0. The van der Waals surface area contributed by atoms with Gasteiger partial charge in [-0.2, -0.15) is 0 Å². The molecule has 0 heterocycles. The van der Waals surface area contributed by atoms with Crippen LogP contribution < -0.4 is 0 Å². The molecule has 2 aromatic carbocycles. The summed E-state index contributed by atoms with van der Waals surface area (Å²) in [7, 11) is 1.72. The molecule has 1 nitrogen and oxygen atoms in total. The van der Waals surface area contributed by atoms with E-state index in [0.717, 1.165) is 4.47 Å². The fraction of sp³-hybridized carbons (Fsp3) is 0. The van der Waals surface area contributed by atoms with Crippen LogP contribution in [0.4, 0.5) is 0 Å². The highest BCUT2D eigenvalue weighted by atomic mass is 79.9. The first kappa shape index (κ1) is 12.1. The molecule has 0 fully saturated rings. The monoisotopic (exact) mass is 280 g/mol. The Labute approximate surface area is 99.9 Å². The van der Waals surface area contributed by atoms with Crippen LogP contribution in [0.5, 0.6) is 0 Å². The quantitative estimate of drug-likeness (QED) is 0.698. The summed E-state index contributed by atoms with van der Waals surface area (Å²) in [6.07, 6.45) is 0. The van der Waals surface area contributed by atoms with E-state index in [-0.39, 0.29) is 0 Å². The maximum atomic E-state index is 8.06. The van der Waals surface area contributed by atoms with Gasteiger partial charge in [-0.25, -0.2) is 0 Å². The Hall–Kier alpha value is -0.980. The molecular formula is C12H10BrOP. The zero-order valence-electron chi connectivity index (χ0n) is 7.98. The second-order valence-corrected chi connectivity index (χ2v) is 3.79. The Bertz CT molecular complexity index is 400. The van der Waals surface area contributed by atoms with Crippen molar-refractivity contribution in [2.24, 2.45) is 0 Å². The van der Waals surface area contributed by atoms with Gasteiger partial charge in [0.1, 0.15) is 9.12 Å². The summed E-state index contributed by atoms with van der Waals surface area (Å²) in [6, 6.07) is 18.7. The fourth-order valence-corrected chi connectivity index (χ4v) is 1.54. The van der Waals surface area contributed by atoms with Crippen LogP contribution in [-0.4, -0.2) is 0 Å². The predicted octanol–water partition coefficient (Wildman–Crippen LogP) is 4.59. The first-order valence-electron chi connectivity index (χ1n) is 4.38. The van der Waals surface area contributed by atoms with Crippen molar-refractivity contribution in [3.63, 3.8) is 0 Å². The molecule has 0 bridgehead atoms. The molecule has 0 aromatic heterocycles. The van der Waals surface area contributed by atoms with Gasteiger partial charge in [0.25, 0.3) is 0 Å². The van der Waals surface area contributed by atoms with Crippen LogP contribution in [0.2, 0.25) is 0 Å². The molecule has 2 rings (SSSR count). The van der Waals surface area contributed by atoms with E-state index < -0.39 is 0 Å². The van der Waals surface area contributed by atoms with Gasteiger partial charge < -0.3 is 0 Å². The van der Waals surface area contributed by atoms with E-state index in [1.807, 2.05) is 6.07 Å². The summed E-state index contributed by atoms with van der Waals surface area (Å²) in [5, 5.41) is 0. The lowest BCUT2D eigenvalue weighted by Gasteiger charge is -2.00. The van der Waals surface area contributed by atoms with Gasteiger partial charge >= 0.3 is 0 Å². The van der Waals surface area contributed by atoms with Crippen LogP contribution in [-0.2, 0) is 4.57 Å². The molecule has 2 aromatic rings. The van der Waals surface area contributed by atoms with Crippen molar-refractivity contribution in [3.8, 4) is 11.1 Å².